The van der Waals surface area contributed by atoms with E-state index in [1.165, 1.54) is 0 Å². The molecule has 1 aliphatic rings. The van der Waals surface area contributed by atoms with Crippen LogP contribution in [0.5, 0.6) is 0 Å². The molecule has 0 spiro atoms. The number of nitrogens with zero attached hydrogens (tertiary/aromatic N) is 2. The van der Waals surface area contributed by atoms with E-state index in [2.05, 4.69) is 15.5 Å². The largest absolute Gasteiger partial charge is 0.481 e. The van der Waals surface area contributed by atoms with Crippen LogP contribution in [0.15, 0.2) is 29.6 Å². The van der Waals surface area contributed by atoms with Crippen molar-refractivity contribution >= 4 is 23.4 Å². The van der Waals surface area contributed by atoms with Crippen molar-refractivity contribution in [1.82, 2.24) is 10.3 Å². The average molecular weight is 351 g/mol. The highest BCUT2D eigenvalue weighted by Gasteiger charge is 2.46. The Hall–Kier alpha value is -2.84. The summed E-state index contributed by atoms with van der Waals surface area (Å²) >= 11 is 0. The van der Waals surface area contributed by atoms with Gasteiger partial charge in [-0.05, 0) is 18.6 Å². The van der Waals surface area contributed by atoms with Crippen molar-refractivity contribution in [2.75, 3.05) is 6.67 Å². The maximum Gasteiger partial charge on any atom is 0.305 e. The van der Waals surface area contributed by atoms with Gasteiger partial charge < -0.3 is 15.3 Å². The Bertz CT molecular complexity index is 694. The first-order chi connectivity index (χ1) is 11.9. The number of aliphatic carboxylic acids is 1. The summed E-state index contributed by atoms with van der Waals surface area (Å²) in [5, 5.41) is 15.0. The molecule has 0 bridgehead atoms. The topological polar surface area (TPSA) is 118 Å². The summed E-state index contributed by atoms with van der Waals surface area (Å²) in [6.07, 6.45) is 1.20. The highest BCUT2D eigenvalue weighted by Crippen LogP contribution is 2.30. The number of nitrogens with one attached hydrogen (secondary N) is 1. The van der Waals surface area contributed by atoms with E-state index in [0.717, 1.165) is 0 Å². The number of pyridine rings is 1. The number of carbonyl (C=O) groups excluding carboxylic acids is 2. The third-order valence-corrected chi connectivity index (χ3v) is 3.93. The van der Waals surface area contributed by atoms with Crippen molar-refractivity contribution in [2.45, 2.75) is 37.8 Å². The second kappa shape index (κ2) is 7.82. The number of oxime groups is 1. The van der Waals surface area contributed by atoms with Crippen LogP contribution in [0.25, 0.3) is 0 Å². The lowest BCUT2D eigenvalue weighted by molar-refractivity contribution is -0.148. The fourth-order valence-electron chi connectivity index (χ4n) is 2.42. The van der Waals surface area contributed by atoms with Gasteiger partial charge in [0.2, 0.25) is 5.60 Å². The van der Waals surface area contributed by atoms with Crippen molar-refractivity contribution in [3.05, 3.63) is 30.1 Å². The maximum atomic E-state index is 12.6. The van der Waals surface area contributed by atoms with Crippen LogP contribution in [0.1, 0.15) is 31.9 Å². The van der Waals surface area contributed by atoms with E-state index in [-0.39, 0.29) is 12.8 Å². The quantitative estimate of drug-likeness (QED) is 0.717. The Balaban J connectivity index is 2.13. The predicted molar refractivity (Wildman–Crippen MR) is 84.7 cm³/mol. The molecule has 0 saturated carbocycles. The van der Waals surface area contributed by atoms with Crippen LogP contribution in [0.2, 0.25) is 0 Å². The number of alkyl halides is 1. The molecule has 25 heavy (non-hydrogen) atoms. The number of carboxylic acids is 1. The van der Waals surface area contributed by atoms with Crippen molar-refractivity contribution in [3.8, 4) is 0 Å². The van der Waals surface area contributed by atoms with Gasteiger partial charge in [0, 0.05) is 12.6 Å². The lowest BCUT2D eigenvalue weighted by Gasteiger charge is -2.26. The minimum Gasteiger partial charge on any atom is -0.481 e. The van der Waals surface area contributed by atoms with E-state index in [0.29, 0.717) is 11.4 Å². The van der Waals surface area contributed by atoms with E-state index in [9.17, 15) is 18.8 Å². The highest BCUT2D eigenvalue weighted by atomic mass is 19.1. The number of hydrogen-bond donors (Lipinski definition) is 2. The minimum absolute atomic E-state index is 0.107. The molecular formula is C16H18FN3O5. The molecule has 0 fully saturated rings. The van der Waals surface area contributed by atoms with Crippen LogP contribution < -0.4 is 5.32 Å². The Morgan fingerprint density at radius 2 is 2.20 bits per heavy atom. The summed E-state index contributed by atoms with van der Waals surface area (Å²) < 4.78 is 12.6. The number of halogens is 1. The molecule has 134 valence electrons. The van der Waals surface area contributed by atoms with Gasteiger partial charge in [-0.15, -0.1) is 0 Å². The normalized spacial score (nSPS) is 20.3. The molecule has 0 saturated heterocycles. The van der Waals surface area contributed by atoms with Gasteiger partial charge in [-0.1, -0.05) is 18.1 Å². The number of amides is 1. The molecular weight excluding hydrogens is 333 g/mol. The molecule has 1 unspecified atom stereocenters. The summed E-state index contributed by atoms with van der Waals surface area (Å²) in [7, 11) is 0. The second-order valence-electron chi connectivity index (χ2n) is 5.59. The summed E-state index contributed by atoms with van der Waals surface area (Å²) in [5.74, 6) is -3.04. The van der Waals surface area contributed by atoms with Crippen LogP contribution in [-0.2, 0) is 19.2 Å². The molecule has 8 nitrogen and oxygen atoms in total. The fourth-order valence-corrected chi connectivity index (χ4v) is 2.42. The smallest absolute Gasteiger partial charge is 0.305 e. The molecule has 1 aromatic heterocycles. The molecule has 0 aliphatic carbocycles. The van der Waals surface area contributed by atoms with Gasteiger partial charge in [-0.2, -0.15) is 0 Å². The standard InChI is InChI=1S/C16H18FN3O5/c1-2-16(8-12(20-25-16)10-5-3-4-6-18-10)15(24)19-11(7-14(22)23)13(21)9-17/h3-6,11H,2,7-9H2,1H3,(H,19,24)(H,22,23)/t11-,16?/m0/s1. The van der Waals surface area contributed by atoms with Crippen molar-refractivity contribution < 1.29 is 28.7 Å². The second-order valence-corrected chi connectivity index (χ2v) is 5.59. The SMILES string of the molecule is CCC1(C(=O)N[C@@H](CC(=O)O)C(=O)CF)CC(c2ccccn2)=NO1. The fraction of sp³-hybridized carbons (Fsp3) is 0.438. The van der Waals surface area contributed by atoms with Gasteiger partial charge in [0.25, 0.3) is 5.91 Å². The molecule has 2 rings (SSSR count). The first-order valence-electron chi connectivity index (χ1n) is 7.69. The summed E-state index contributed by atoms with van der Waals surface area (Å²) in [4.78, 5) is 44.4. The number of hydrogen-bond acceptors (Lipinski definition) is 6. The molecule has 2 atom stereocenters. The lowest BCUT2D eigenvalue weighted by atomic mass is 9.91. The van der Waals surface area contributed by atoms with E-state index < -0.39 is 42.4 Å². The van der Waals surface area contributed by atoms with Crippen LogP contribution >= 0.6 is 0 Å². The summed E-state index contributed by atoms with van der Waals surface area (Å²) in [5.41, 5.74) is -0.378. The maximum absolute atomic E-state index is 12.6. The number of ketones is 1. The number of Topliss-reactive ketones (excluding diaryl/α,β-unsaturated/α-hetero) is 1. The van der Waals surface area contributed by atoms with Gasteiger partial charge in [0.05, 0.1) is 12.1 Å². The molecule has 2 heterocycles. The van der Waals surface area contributed by atoms with E-state index in [1.54, 1.807) is 31.3 Å². The van der Waals surface area contributed by atoms with Crippen molar-refractivity contribution in [2.24, 2.45) is 5.16 Å². The molecule has 2 N–H and O–H groups in total. The van der Waals surface area contributed by atoms with Crippen molar-refractivity contribution in [1.29, 1.82) is 0 Å². The van der Waals surface area contributed by atoms with Crippen molar-refractivity contribution in [3.63, 3.8) is 0 Å². The third kappa shape index (κ3) is 4.17. The van der Waals surface area contributed by atoms with Gasteiger partial charge in [-0.3, -0.25) is 19.4 Å². The monoisotopic (exact) mass is 351 g/mol. The van der Waals surface area contributed by atoms with Crippen LogP contribution in [0.4, 0.5) is 4.39 Å². The van der Waals surface area contributed by atoms with E-state index in [1.807, 2.05) is 0 Å². The van der Waals surface area contributed by atoms with Crippen LogP contribution in [0, 0.1) is 0 Å². The first-order valence-corrected chi connectivity index (χ1v) is 7.69. The van der Waals surface area contributed by atoms with Crippen LogP contribution in [-0.4, -0.2) is 51.8 Å². The van der Waals surface area contributed by atoms with Gasteiger partial charge in [0.15, 0.2) is 5.78 Å². The Morgan fingerprint density at radius 3 is 2.76 bits per heavy atom. The molecule has 1 aliphatic heterocycles. The minimum atomic E-state index is -1.46. The van der Waals surface area contributed by atoms with E-state index >= 15 is 0 Å². The third-order valence-electron chi connectivity index (χ3n) is 3.93. The molecule has 0 aromatic carbocycles. The highest BCUT2D eigenvalue weighted by molar-refractivity contribution is 6.05. The molecule has 0 radical (unpaired) electrons. The van der Waals surface area contributed by atoms with Gasteiger partial charge >= 0.3 is 5.97 Å². The number of aromatic nitrogens is 1. The number of carbonyl (C=O) groups is 3. The molecule has 1 amide bonds. The number of rotatable bonds is 8. The summed E-state index contributed by atoms with van der Waals surface area (Å²) in [6.45, 7) is 0.327. The Labute approximate surface area is 143 Å². The van der Waals surface area contributed by atoms with Gasteiger partial charge in [-0.25, -0.2) is 4.39 Å². The predicted octanol–water partition coefficient (Wildman–Crippen LogP) is 0.853. The zero-order chi connectivity index (χ0) is 18.4. The zero-order valence-electron chi connectivity index (χ0n) is 13.6. The lowest BCUT2D eigenvalue weighted by Crippen LogP contribution is -2.53. The summed E-state index contributed by atoms with van der Waals surface area (Å²) in [6, 6.07) is 3.75. The van der Waals surface area contributed by atoms with Gasteiger partial charge in [0.1, 0.15) is 18.4 Å². The Kier molecular flexibility index (Phi) is 5.79. The van der Waals surface area contributed by atoms with Crippen LogP contribution in [0.3, 0.4) is 0 Å². The average Bonchev–Trinajstić information content (AvgIpc) is 3.07. The number of carboxylic acid groups (broad SMARTS) is 1. The van der Waals surface area contributed by atoms with E-state index in [4.69, 9.17) is 9.94 Å². The molecule has 1 aromatic rings. The Morgan fingerprint density at radius 1 is 1.44 bits per heavy atom. The zero-order valence-corrected chi connectivity index (χ0v) is 13.6. The molecule has 9 heteroatoms. The first kappa shape index (κ1) is 18.5.